The van der Waals surface area contributed by atoms with Crippen molar-refractivity contribution in [3.8, 4) is 16.9 Å². The van der Waals surface area contributed by atoms with E-state index in [-0.39, 0.29) is 5.91 Å². The number of nitrogens with zero attached hydrogens (tertiary/aromatic N) is 1. The summed E-state index contributed by atoms with van der Waals surface area (Å²) in [5, 5.41) is 0.621. The van der Waals surface area contributed by atoms with Crippen LogP contribution in [0, 0.1) is 0 Å². The average molecular weight is 375 g/mol. The van der Waals surface area contributed by atoms with E-state index in [0.717, 1.165) is 23.3 Å². The van der Waals surface area contributed by atoms with Crippen LogP contribution in [0.1, 0.15) is 16.8 Å². The van der Waals surface area contributed by atoms with Gasteiger partial charge in [0.05, 0.1) is 19.8 Å². The Labute approximate surface area is 158 Å². The van der Waals surface area contributed by atoms with Crippen LogP contribution in [0.2, 0.25) is 5.02 Å². The fraction of sp³-hybridized carbons (Fsp3) is 0.350. The van der Waals surface area contributed by atoms with Gasteiger partial charge in [0.25, 0.3) is 5.91 Å². The lowest BCUT2D eigenvalue weighted by atomic mass is 10.0. The first-order valence-corrected chi connectivity index (χ1v) is 9.16. The molecule has 0 saturated carbocycles. The normalized spacial score (nSPS) is 14.3. The molecule has 1 saturated heterocycles. The largest absolute Gasteiger partial charge is 0.493 e. The third kappa shape index (κ3) is 4.55. The molecular weight excluding hydrogens is 352 g/mol. The van der Waals surface area contributed by atoms with Gasteiger partial charge in [0.1, 0.15) is 5.75 Å². The van der Waals surface area contributed by atoms with E-state index < -0.39 is 0 Å². The molecule has 0 bridgehead atoms. The Bertz CT molecular complexity index is 743. The van der Waals surface area contributed by atoms with Crippen LogP contribution in [-0.4, -0.2) is 50.3 Å². The van der Waals surface area contributed by atoms with Crippen LogP contribution in [0.15, 0.2) is 42.5 Å². The maximum Gasteiger partial charge on any atom is 0.254 e. The Kier molecular flexibility index (Phi) is 6.50. The quantitative estimate of drug-likeness (QED) is 0.788. The van der Waals surface area contributed by atoms with Crippen molar-refractivity contribution in [3.05, 3.63) is 53.1 Å². The summed E-state index contributed by atoms with van der Waals surface area (Å²) >= 11 is 6.10. The van der Waals surface area contributed by atoms with Gasteiger partial charge < -0.3 is 20.1 Å². The molecule has 0 aliphatic carbocycles. The van der Waals surface area contributed by atoms with Crippen LogP contribution < -0.4 is 10.5 Å². The Morgan fingerprint density at radius 2 is 1.88 bits per heavy atom. The summed E-state index contributed by atoms with van der Waals surface area (Å²) in [5.74, 6) is 0.758. The third-order valence-electron chi connectivity index (χ3n) is 4.29. The molecule has 26 heavy (non-hydrogen) atoms. The Morgan fingerprint density at radius 1 is 1.15 bits per heavy atom. The first-order valence-electron chi connectivity index (χ1n) is 8.79. The van der Waals surface area contributed by atoms with Gasteiger partial charge in [-0.3, -0.25) is 4.79 Å². The lowest BCUT2D eigenvalue weighted by Gasteiger charge is -2.26. The zero-order valence-corrected chi connectivity index (χ0v) is 15.4. The van der Waals surface area contributed by atoms with E-state index in [1.807, 2.05) is 41.3 Å². The first kappa shape index (κ1) is 18.7. The minimum atomic E-state index is 0.0374. The predicted molar refractivity (Wildman–Crippen MR) is 103 cm³/mol. The van der Waals surface area contributed by atoms with Gasteiger partial charge >= 0.3 is 0 Å². The molecule has 1 fully saturated rings. The van der Waals surface area contributed by atoms with Crippen LogP contribution in [0.5, 0.6) is 5.75 Å². The van der Waals surface area contributed by atoms with Crippen molar-refractivity contribution >= 4 is 17.5 Å². The minimum Gasteiger partial charge on any atom is -0.493 e. The number of carbonyl (C=O) groups excluding carboxylic acids is 1. The van der Waals surface area contributed by atoms with Crippen molar-refractivity contribution in [2.75, 3.05) is 39.5 Å². The van der Waals surface area contributed by atoms with E-state index in [1.165, 1.54) is 0 Å². The monoisotopic (exact) mass is 374 g/mol. The van der Waals surface area contributed by atoms with Gasteiger partial charge in [0.15, 0.2) is 0 Å². The number of hydrogen-bond acceptors (Lipinski definition) is 4. The summed E-state index contributed by atoms with van der Waals surface area (Å²) in [7, 11) is 0. The summed E-state index contributed by atoms with van der Waals surface area (Å²) < 4.78 is 11.1. The number of benzene rings is 2. The van der Waals surface area contributed by atoms with Crippen molar-refractivity contribution in [3.63, 3.8) is 0 Å². The smallest absolute Gasteiger partial charge is 0.254 e. The average Bonchev–Trinajstić information content (AvgIpc) is 2.69. The van der Waals surface area contributed by atoms with E-state index in [4.69, 9.17) is 26.8 Å². The molecule has 0 spiro atoms. The molecule has 1 aliphatic heterocycles. The predicted octanol–water partition coefficient (Wildman–Crippen LogP) is 3.21. The van der Waals surface area contributed by atoms with E-state index in [9.17, 15) is 4.79 Å². The zero-order valence-electron chi connectivity index (χ0n) is 14.6. The highest BCUT2D eigenvalue weighted by Gasteiger charge is 2.18. The van der Waals surface area contributed by atoms with E-state index >= 15 is 0 Å². The van der Waals surface area contributed by atoms with Gasteiger partial charge in [-0.1, -0.05) is 23.7 Å². The Morgan fingerprint density at radius 3 is 2.58 bits per heavy atom. The lowest BCUT2D eigenvalue weighted by Crippen LogP contribution is -2.40. The van der Waals surface area contributed by atoms with E-state index in [0.29, 0.717) is 50.0 Å². The Balaban J connectivity index is 1.78. The minimum absolute atomic E-state index is 0.0374. The van der Waals surface area contributed by atoms with Crippen molar-refractivity contribution in [2.24, 2.45) is 5.73 Å². The van der Waals surface area contributed by atoms with Crippen molar-refractivity contribution in [1.29, 1.82) is 0 Å². The number of ether oxygens (including phenoxy) is 2. The van der Waals surface area contributed by atoms with E-state index in [1.54, 1.807) is 6.07 Å². The number of amides is 1. The zero-order chi connectivity index (χ0) is 18.4. The summed E-state index contributed by atoms with van der Waals surface area (Å²) in [6.45, 7) is 3.58. The maximum atomic E-state index is 12.5. The van der Waals surface area contributed by atoms with Crippen LogP contribution in [0.4, 0.5) is 0 Å². The highest BCUT2D eigenvalue weighted by Crippen LogP contribution is 2.33. The van der Waals surface area contributed by atoms with E-state index in [2.05, 4.69) is 0 Å². The van der Waals surface area contributed by atoms with Crippen LogP contribution >= 0.6 is 11.6 Å². The number of hydrogen-bond donors (Lipinski definition) is 1. The Hall–Kier alpha value is -2.08. The summed E-state index contributed by atoms with van der Waals surface area (Å²) in [6.07, 6.45) is 0.777. The van der Waals surface area contributed by atoms with Gasteiger partial charge in [-0.15, -0.1) is 0 Å². The van der Waals surface area contributed by atoms with Crippen LogP contribution in [0.25, 0.3) is 11.1 Å². The molecule has 2 N–H and O–H groups in total. The van der Waals surface area contributed by atoms with Gasteiger partial charge in [-0.25, -0.2) is 0 Å². The second kappa shape index (κ2) is 9.03. The molecule has 138 valence electrons. The van der Waals surface area contributed by atoms with Gasteiger partial charge in [0.2, 0.25) is 0 Å². The molecular formula is C20H23ClN2O3. The highest BCUT2D eigenvalue weighted by molar-refractivity contribution is 6.30. The molecule has 2 aromatic rings. The second-order valence-electron chi connectivity index (χ2n) is 6.11. The summed E-state index contributed by atoms with van der Waals surface area (Å²) in [5.41, 5.74) is 8.12. The molecule has 6 heteroatoms. The molecule has 5 nitrogen and oxygen atoms in total. The lowest BCUT2D eigenvalue weighted by molar-refractivity contribution is 0.0303. The first-order chi connectivity index (χ1) is 12.7. The number of halogens is 1. The van der Waals surface area contributed by atoms with Gasteiger partial charge in [-0.2, -0.15) is 0 Å². The molecule has 2 aromatic carbocycles. The fourth-order valence-electron chi connectivity index (χ4n) is 2.86. The molecule has 1 heterocycles. The standard InChI is InChI=1S/C20H23ClN2O3/c21-17-6-7-18(19(14-17)26-11-1-8-22)15-2-4-16(5-3-15)20(24)23-9-12-25-13-10-23/h2-7,14H,1,8-13,22H2. The molecule has 0 atom stereocenters. The highest BCUT2D eigenvalue weighted by atomic mass is 35.5. The second-order valence-corrected chi connectivity index (χ2v) is 6.55. The number of carbonyl (C=O) groups is 1. The summed E-state index contributed by atoms with van der Waals surface area (Å²) in [4.78, 5) is 14.4. The number of nitrogens with two attached hydrogens (primary N) is 1. The summed E-state index contributed by atoms with van der Waals surface area (Å²) in [6, 6.07) is 13.1. The van der Waals surface area contributed by atoms with Crippen LogP contribution in [0.3, 0.4) is 0 Å². The van der Waals surface area contributed by atoms with Crippen molar-refractivity contribution in [1.82, 2.24) is 4.90 Å². The third-order valence-corrected chi connectivity index (χ3v) is 4.53. The molecule has 0 aromatic heterocycles. The SMILES string of the molecule is NCCCOc1cc(Cl)ccc1-c1ccc(C(=O)N2CCOCC2)cc1. The molecule has 0 unspecified atom stereocenters. The van der Waals surface area contributed by atoms with Crippen molar-refractivity contribution < 1.29 is 14.3 Å². The topological polar surface area (TPSA) is 64.8 Å². The molecule has 1 aliphatic rings. The van der Waals surface area contributed by atoms with Crippen LogP contribution in [-0.2, 0) is 4.74 Å². The maximum absolute atomic E-state index is 12.5. The molecule has 1 amide bonds. The number of rotatable bonds is 6. The van der Waals surface area contributed by atoms with Gasteiger partial charge in [-0.05, 0) is 48.9 Å². The fourth-order valence-corrected chi connectivity index (χ4v) is 3.02. The van der Waals surface area contributed by atoms with Gasteiger partial charge in [0, 0.05) is 29.2 Å². The van der Waals surface area contributed by atoms with Crippen molar-refractivity contribution in [2.45, 2.75) is 6.42 Å². The molecule has 3 rings (SSSR count). The molecule has 0 radical (unpaired) electrons. The number of morpholine rings is 1.